The molecule has 2 atom stereocenters. The van der Waals surface area contributed by atoms with Crippen molar-refractivity contribution < 1.29 is 18.0 Å². The highest BCUT2D eigenvalue weighted by atomic mass is 35.5. The van der Waals surface area contributed by atoms with E-state index in [2.05, 4.69) is 5.32 Å². The summed E-state index contributed by atoms with van der Waals surface area (Å²) >= 11 is 19.1. The predicted molar refractivity (Wildman–Crippen MR) is 166 cm³/mol. The number of hydrogen-bond acceptors (Lipinski definition) is 4. The van der Waals surface area contributed by atoms with Crippen LogP contribution in [0.1, 0.15) is 44.7 Å². The van der Waals surface area contributed by atoms with Crippen LogP contribution in [-0.4, -0.2) is 43.8 Å². The van der Waals surface area contributed by atoms with E-state index in [9.17, 15) is 18.0 Å². The maximum atomic E-state index is 14.2. The second-order valence-electron chi connectivity index (χ2n) is 9.77. The zero-order valence-electron chi connectivity index (χ0n) is 23.4. The van der Waals surface area contributed by atoms with Crippen LogP contribution in [0, 0.1) is 6.92 Å². The van der Waals surface area contributed by atoms with Gasteiger partial charge in [0.15, 0.2) is 0 Å². The van der Waals surface area contributed by atoms with E-state index in [1.807, 2.05) is 20.8 Å². The van der Waals surface area contributed by atoms with Gasteiger partial charge in [-0.3, -0.25) is 13.9 Å². The zero-order valence-corrected chi connectivity index (χ0v) is 26.5. The van der Waals surface area contributed by atoms with Crippen LogP contribution in [0.5, 0.6) is 0 Å². The van der Waals surface area contributed by atoms with Gasteiger partial charge in [0.25, 0.3) is 10.0 Å². The molecular formula is C30H34Cl3N3O4S. The van der Waals surface area contributed by atoms with Crippen molar-refractivity contribution in [1.29, 1.82) is 0 Å². The van der Waals surface area contributed by atoms with Crippen LogP contribution in [0.25, 0.3) is 0 Å². The van der Waals surface area contributed by atoms with Gasteiger partial charge >= 0.3 is 0 Å². The number of halogens is 3. The molecule has 0 radical (unpaired) electrons. The molecule has 2 amide bonds. The third-order valence-corrected chi connectivity index (χ3v) is 9.49. The smallest absolute Gasteiger partial charge is 0.264 e. The van der Waals surface area contributed by atoms with Gasteiger partial charge in [-0.1, -0.05) is 78.5 Å². The van der Waals surface area contributed by atoms with Crippen LogP contribution in [0.3, 0.4) is 0 Å². The van der Waals surface area contributed by atoms with Gasteiger partial charge in [-0.15, -0.1) is 0 Å². The van der Waals surface area contributed by atoms with Gasteiger partial charge in [-0.25, -0.2) is 8.42 Å². The molecule has 0 aliphatic rings. The minimum atomic E-state index is -4.21. The molecular weight excluding hydrogens is 605 g/mol. The lowest BCUT2D eigenvalue weighted by molar-refractivity contribution is -0.140. The largest absolute Gasteiger partial charge is 0.352 e. The molecule has 220 valence electrons. The molecule has 0 fully saturated rings. The Bertz CT molecular complexity index is 1460. The van der Waals surface area contributed by atoms with Crippen LogP contribution >= 0.6 is 34.8 Å². The van der Waals surface area contributed by atoms with E-state index in [1.165, 1.54) is 23.1 Å². The highest BCUT2D eigenvalue weighted by Gasteiger charge is 2.34. The molecule has 0 saturated heterocycles. The summed E-state index contributed by atoms with van der Waals surface area (Å²) in [4.78, 5) is 28.9. The number of amides is 2. The summed E-state index contributed by atoms with van der Waals surface area (Å²) in [5, 5.41) is 3.89. The van der Waals surface area contributed by atoms with Gasteiger partial charge in [-0.05, 0) is 69.2 Å². The summed E-state index contributed by atoms with van der Waals surface area (Å²) in [6, 6.07) is 16.5. The number of hydrogen-bond donors (Lipinski definition) is 1. The maximum absolute atomic E-state index is 14.2. The van der Waals surface area contributed by atoms with Crippen molar-refractivity contribution >= 4 is 62.3 Å². The van der Waals surface area contributed by atoms with Gasteiger partial charge in [0, 0.05) is 33.2 Å². The molecule has 1 N–H and O–H groups in total. The fraction of sp³-hybridized carbons (Fsp3) is 0.333. The van der Waals surface area contributed by atoms with Crippen LogP contribution in [-0.2, 0) is 26.2 Å². The van der Waals surface area contributed by atoms with Crippen LogP contribution in [0.4, 0.5) is 5.69 Å². The van der Waals surface area contributed by atoms with E-state index >= 15 is 0 Å². The number of sulfonamides is 1. The van der Waals surface area contributed by atoms with Crippen molar-refractivity contribution in [2.75, 3.05) is 10.8 Å². The Hall–Kier alpha value is -2.78. The fourth-order valence-electron chi connectivity index (χ4n) is 4.21. The minimum absolute atomic E-state index is 0.0122. The number of anilines is 1. The van der Waals surface area contributed by atoms with Crippen molar-refractivity contribution in [3.8, 4) is 0 Å². The quantitative estimate of drug-likeness (QED) is 0.235. The van der Waals surface area contributed by atoms with Crippen molar-refractivity contribution in [3.05, 3.63) is 92.9 Å². The maximum Gasteiger partial charge on any atom is 0.264 e. The van der Waals surface area contributed by atoms with Gasteiger partial charge in [0.05, 0.1) is 10.6 Å². The zero-order chi connectivity index (χ0) is 30.3. The van der Waals surface area contributed by atoms with Crippen molar-refractivity contribution in [3.63, 3.8) is 0 Å². The first kappa shape index (κ1) is 32.7. The molecule has 0 heterocycles. The van der Waals surface area contributed by atoms with E-state index in [1.54, 1.807) is 55.5 Å². The number of rotatable bonds is 12. The molecule has 7 nitrogen and oxygen atoms in total. The monoisotopic (exact) mass is 637 g/mol. The first-order valence-electron chi connectivity index (χ1n) is 13.3. The Kier molecular flexibility index (Phi) is 11.5. The number of aryl methyl sites for hydroxylation is 1. The Morgan fingerprint density at radius 2 is 1.51 bits per heavy atom. The van der Waals surface area contributed by atoms with E-state index in [0.717, 1.165) is 9.87 Å². The second-order valence-corrected chi connectivity index (χ2v) is 12.9. The Morgan fingerprint density at radius 1 is 0.902 bits per heavy atom. The molecule has 3 aromatic rings. The first-order chi connectivity index (χ1) is 19.4. The third-order valence-electron chi connectivity index (χ3n) is 6.76. The lowest BCUT2D eigenvalue weighted by Gasteiger charge is -2.34. The number of carbonyl (C=O) groups excluding carboxylic acids is 2. The molecule has 11 heteroatoms. The van der Waals surface area contributed by atoms with Crippen molar-refractivity contribution in [2.24, 2.45) is 0 Å². The summed E-state index contributed by atoms with van der Waals surface area (Å²) in [5.41, 5.74) is 1.55. The van der Waals surface area contributed by atoms with Crippen LogP contribution in [0.15, 0.2) is 71.6 Å². The van der Waals surface area contributed by atoms with E-state index in [-0.39, 0.29) is 35.5 Å². The van der Waals surface area contributed by atoms with Crippen LogP contribution in [0.2, 0.25) is 15.1 Å². The van der Waals surface area contributed by atoms with Gasteiger partial charge < -0.3 is 10.2 Å². The van der Waals surface area contributed by atoms with Crippen molar-refractivity contribution in [1.82, 2.24) is 10.2 Å². The van der Waals surface area contributed by atoms with E-state index in [4.69, 9.17) is 34.8 Å². The molecule has 3 rings (SSSR count). The van der Waals surface area contributed by atoms with Gasteiger partial charge in [-0.2, -0.15) is 0 Å². The van der Waals surface area contributed by atoms with Gasteiger partial charge in [0.2, 0.25) is 11.8 Å². The molecule has 0 aromatic heterocycles. The summed E-state index contributed by atoms with van der Waals surface area (Å²) in [5.74, 6) is -0.961. The Morgan fingerprint density at radius 3 is 2.07 bits per heavy atom. The molecule has 3 aromatic carbocycles. The molecule has 0 saturated carbocycles. The Balaban J connectivity index is 2.10. The van der Waals surface area contributed by atoms with Gasteiger partial charge in [0.1, 0.15) is 12.6 Å². The summed E-state index contributed by atoms with van der Waals surface area (Å²) in [6.07, 6.45) is 0.974. The SMILES string of the molecule is CC[C@@H](C)NC(=O)[C@@H](CC)N(Cc1c(Cl)cccc1Cl)C(=O)CN(c1cccc(Cl)c1)S(=O)(=O)c1ccc(C)cc1. The number of carbonyl (C=O) groups is 2. The second kappa shape index (κ2) is 14.4. The molecule has 0 spiro atoms. The highest BCUT2D eigenvalue weighted by Crippen LogP contribution is 2.29. The lowest BCUT2D eigenvalue weighted by Crippen LogP contribution is -2.53. The van der Waals surface area contributed by atoms with Crippen molar-refractivity contribution in [2.45, 2.75) is 64.1 Å². The first-order valence-corrected chi connectivity index (χ1v) is 15.8. The molecule has 0 aliphatic heterocycles. The summed E-state index contributed by atoms with van der Waals surface area (Å²) < 4.78 is 28.9. The molecule has 0 aliphatic carbocycles. The molecule has 0 bridgehead atoms. The van der Waals surface area contributed by atoms with E-state index < -0.39 is 28.5 Å². The average molecular weight is 639 g/mol. The normalized spacial score (nSPS) is 12.9. The topological polar surface area (TPSA) is 86.8 Å². The lowest BCUT2D eigenvalue weighted by atomic mass is 10.1. The standard InChI is InChI=1S/C30H34Cl3N3O4S/c1-5-21(4)34-30(38)28(6-2)35(18-25-26(32)11-8-12-27(25)33)29(37)19-36(23-10-7-9-22(31)17-23)41(39,40)24-15-13-20(3)14-16-24/h7-17,21,28H,5-6,18-19H2,1-4H3,(H,34,38)/t21-,28-/m1/s1. The Labute approximate surface area is 257 Å². The molecule has 0 unspecified atom stereocenters. The average Bonchev–Trinajstić information content (AvgIpc) is 2.93. The summed E-state index contributed by atoms with van der Waals surface area (Å²) in [7, 11) is -4.21. The summed E-state index contributed by atoms with van der Waals surface area (Å²) in [6.45, 7) is 6.76. The van der Waals surface area contributed by atoms with E-state index in [0.29, 0.717) is 27.1 Å². The fourth-order valence-corrected chi connectivity index (χ4v) is 6.32. The number of nitrogens with zero attached hydrogens (tertiary/aromatic N) is 2. The highest BCUT2D eigenvalue weighted by molar-refractivity contribution is 7.92. The number of benzene rings is 3. The third kappa shape index (κ3) is 8.16. The predicted octanol–water partition coefficient (Wildman–Crippen LogP) is 6.87. The van der Waals surface area contributed by atoms with Crippen LogP contribution < -0.4 is 9.62 Å². The minimum Gasteiger partial charge on any atom is -0.352 e. The number of nitrogens with one attached hydrogen (secondary N) is 1. The molecule has 41 heavy (non-hydrogen) atoms.